The van der Waals surface area contributed by atoms with Crippen molar-refractivity contribution in [3.8, 4) is 11.4 Å². The number of piperidine rings is 1. The van der Waals surface area contributed by atoms with Crippen molar-refractivity contribution in [3.05, 3.63) is 64.7 Å². The number of benzene rings is 1. The number of anilines is 2. The van der Waals surface area contributed by atoms with Crippen LogP contribution < -0.4 is 10.9 Å². The topological polar surface area (TPSA) is 118 Å². The van der Waals surface area contributed by atoms with Gasteiger partial charge in [-0.2, -0.15) is 10.1 Å². The Hall–Kier alpha value is -4.21. The quantitative estimate of drug-likeness (QED) is 0.456. The fourth-order valence-electron chi connectivity index (χ4n) is 4.55. The van der Waals surface area contributed by atoms with Crippen LogP contribution in [0.15, 0.2) is 53.6 Å². The van der Waals surface area contributed by atoms with Crippen molar-refractivity contribution in [1.29, 1.82) is 0 Å². The molecular formula is C25H27N7O3. The molecular weight excluding hydrogens is 446 g/mol. The van der Waals surface area contributed by atoms with Gasteiger partial charge in [0, 0.05) is 49.4 Å². The maximum absolute atomic E-state index is 13.1. The minimum absolute atomic E-state index is 0.0976. The molecule has 0 spiro atoms. The number of carbonyl (C=O) groups excluding carboxylic acids is 1. The molecule has 10 nitrogen and oxygen atoms in total. The molecule has 10 heteroatoms. The van der Waals surface area contributed by atoms with Crippen molar-refractivity contribution in [2.45, 2.75) is 39.2 Å². The Kier molecular flexibility index (Phi) is 5.94. The number of hydrogen-bond acceptors (Lipinski definition) is 7. The molecule has 0 bridgehead atoms. The zero-order valence-corrected chi connectivity index (χ0v) is 19.7. The summed E-state index contributed by atoms with van der Waals surface area (Å²) in [5.74, 6) is 1.14. The van der Waals surface area contributed by atoms with E-state index in [1.807, 2.05) is 18.7 Å². The Morgan fingerprint density at radius 2 is 2.03 bits per heavy atom. The molecule has 180 valence electrons. The Labute approximate surface area is 201 Å². The molecule has 1 amide bonds. The maximum Gasteiger partial charge on any atom is 0.252 e. The maximum atomic E-state index is 13.1. The number of carbonyl (C=O) groups is 1. The first-order valence-electron chi connectivity index (χ1n) is 11.7. The number of nitrogens with one attached hydrogen (secondary N) is 1. The first-order chi connectivity index (χ1) is 16.9. The highest BCUT2D eigenvalue weighted by Gasteiger charge is 2.26. The summed E-state index contributed by atoms with van der Waals surface area (Å²) in [4.78, 5) is 36.4. The van der Waals surface area contributed by atoms with E-state index in [2.05, 4.69) is 15.4 Å². The molecule has 4 aromatic rings. The van der Waals surface area contributed by atoms with Gasteiger partial charge in [-0.05, 0) is 49.6 Å². The van der Waals surface area contributed by atoms with E-state index in [0.29, 0.717) is 36.9 Å². The third kappa shape index (κ3) is 4.46. The van der Waals surface area contributed by atoms with Crippen LogP contribution in [0.4, 0.5) is 11.8 Å². The summed E-state index contributed by atoms with van der Waals surface area (Å²) in [5, 5.41) is 17.9. The van der Waals surface area contributed by atoms with E-state index in [4.69, 9.17) is 4.98 Å². The number of rotatable bonds is 5. The molecule has 1 aliphatic rings. The second kappa shape index (κ2) is 9.21. The van der Waals surface area contributed by atoms with Crippen LogP contribution in [0.1, 0.15) is 37.8 Å². The number of aromatic nitrogens is 5. The predicted octanol–water partition coefficient (Wildman–Crippen LogP) is 3.31. The van der Waals surface area contributed by atoms with Crippen molar-refractivity contribution in [1.82, 2.24) is 29.2 Å². The van der Waals surface area contributed by atoms with Gasteiger partial charge < -0.3 is 15.3 Å². The van der Waals surface area contributed by atoms with Crippen LogP contribution in [0.2, 0.25) is 0 Å². The van der Waals surface area contributed by atoms with E-state index in [0.717, 1.165) is 29.5 Å². The highest BCUT2D eigenvalue weighted by atomic mass is 16.3. The smallest absolute Gasteiger partial charge is 0.252 e. The molecule has 1 atom stereocenters. The van der Waals surface area contributed by atoms with Gasteiger partial charge in [-0.1, -0.05) is 6.92 Å². The van der Waals surface area contributed by atoms with Crippen molar-refractivity contribution in [2.75, 3.05) is 18.4 Å². The lowest BCUT2D eigenvalue weighted by Gasteiger charge is -2.34. The number of aromatic hydroxyl groups is 1. The van der Waals surface area contributed by atoms with Crippen molar-refractivity contribution >= 4 is 28.7 Å². The number of likely N-dealkylation sites (tertiary alicyclic amines) is 1. The van der Waals surface area contributed by atoms with Gasteiger partial charge in [0.2, 0.25) is 11.9 Å². The number of nitrogens with zero attached hydrogens (tertiary/aromatic N) is 6. The predicted molar refractivity (Wildman–Crippen MR) is 132 cm³/mol. The van der Waals surface area contributed by atoms with E-state index < -0.39 is 0 Å². The molecule has 0 radical (unpaired) electrons. The highest BCUT2D eigenvalue weighted by molar-refractivity contribution is 5.79. The normalized spacial score (nSPS) is 15.9. The average Bonchev–Trinajstić information content (AvgIpc) is 3.32. The molecule has 1 saturated heterocycles. The number of phenolic OH excluding ortho intramolecular Hbond substituents is 1. The SMILES string of the molecule is CCC(=O)N1CCC[C@@H](n2c(=O)cc(C)c3cnc(Nc4ccn(-c5ccc(O)cc5)n4)nc32)C1. The van der Waals surface area contributed by atoms with E-state index in [1.165, 1.54) is 0 Å². The Bertz CT molecular complexity index is 1440. The molecule has 5 rings (SSSR count). The lowest BCUT2D eigenvalue weighted by atomic mass is 10.0. The van der Waals surface area contributed by atoms with Crippen LogP contribution in [-0.4, -0.2) is 53.3 Å². The lowest BCUT2D eigenvalue weighted by Crippen LogP contribution is -2.42. The van der Waals surface area contributed by atoms with Gasteiger partial charge in [0.15, 0.2) is 5.82 Å². The fraction of sp³-hybridized carbons (Fsp3) is 0.320. The third-order valence-corrected chi connectivity index (χ3v) is 6.36. The molecule has 0 aliphatic carbocycles. The van der Waals surface area contributed by atoms with Crippen LogP contribution >= 0.6 is 0 Å². The van der Waals surface area contributed by atoms with Crippen molar-refractivity contribution in [2.24, 2.45) is 0 Å². The van der Waals surface area contributed by atoms with Gasteiger partial charge in [-0.3, -0.25) is 14.2 Å². The number of phenols is 1. The van der Waals surface area contributed by atoms with Crippen molar-refractivity contribution in [3.63, 3.8) is 0 Å². The van der Waals surface area contributed by atoms with Gasteiger partial charge in [-0.25, -0.2) is 9.67 Å². The second-order valence-electron chi connectivity index (χ2n) is 8.74. The number of amides is 1. The van der Waals surface area contributed by atoms with E-state index in [1.54, 1.807) is 58.0 Å². The molecule has 4 heterocycles. The zero-order chi connectivity index (χ0) is 24.5. The van der Waals surface area contributed by atoms with E-state index >= 15 is 0 Å². The molecule has 35 heavy (non-hydrogen) atoms. The van der Waals surface area contributed by atoms with Gasteiger partial charge in [0.25, 0.3) is 5.56 Å². The van der Waals surface area contributed by atoms with Crippen LogP contribution in [0.3, 0.4) is 0 Å². The van der Waals surface area contributed by atoms with Crippen molar-refractivity contribution < 1.29 is 9.90 Å². The van der Waals surface area contributed by atoms with Gasteiger partial charge in [-0.15, -0.1) is 0 Å². The van der Waals surface area contributed by atoms with E-state index in [9.17, 15) is 14.7 Å². The molecule has 3 aromatic heterocycles. The molecule has 0 saturated carbocycles. The first-order valence-corrected chi connectivity index (χ1v) is 11.7. The standard InChI is InChI=1S/C25H27N7O3/c1-3-22(34)30-11-4-5-18(15-30)32-23(35)13-16(2)20-14-26-25(28-24(20)32)27-21-10-12-31(29-21)17-6-8-19(33)9-7-17/h6-10,12-14,18,33H,3-5,11,15H2,1-2H3,(H,26,27,28,29)/t18-/m1/s1. The summed E-state index contributed by atoms with van der Waals surface area (Å²) in [6.07, 6.45) is 5.59. The third-order valence-electron chi connectivity index (χ3n) is 6.36. The molecule has 1 aromatic carbocycles. The Morgan fingerprint density at radius 3 is 2.80 bits per heavy atom. The summed E-state index contributed by atoms with van der Waals surface area (Å²) in [7, 11) is 0. The molecule has 1 aliphatic heterocycles. The van der Waals surface area contributed by atoms with Gasteiger partial charge in [0.05, 0.1) is 11.7 Å². The number of hydrogen-bond donors (Lipinski definition) is 2. The zero-order valence-electron chi connectivity index (χ0n) is 19.7. The summed E-state index contributed by atoms with van der Waals surface area (Å²) in [6, 6.07) is 9.97. The summed E-state index contributed by atoms with van der Waals surface area (Å²) >= 11 is 0. The lowest BCUT2D eigenvalue weighted by molar-refractivity contribution is -0.132. The van der Waals surface area contributed by atoms with Crippen LogP contribution in [-0.2, 0) is 4.79 Å². The fourth-order valence-corrected chi connectivity index (χ4v) is 4.55. The monoisotopic (exact) mass is 473 g/mol. The summed E-state index contributed by atoms with van der Waals surface area (Å²) < 4.78 is 3.38. The Morgan fingerprint density at radius 1 is 1.23 bits per heavy atom. The second-order valence-corrected chi connectivity index (χ2v) is 8.74. The molecule has 1 fully saturated rings. The molecule has 2 N–H and O–H groups in total. The van der Waals surface area contributed by atoms with E-state index in [-0.39, 0.29) is 23.3 Å². The number of fused-ring (bicyclic) bond motifs is 1. The van der Waals surface area contributed by atoms with Crippen LogP contribution in [0.5, 0.6) is 5.75 Å². The highest BCUT2D eigenvalue weighted by Crippen LogP contribution is 2.26. The minimum atomic E-state index is -0.147. The summed E-state index contributed by atoms with van der Waals surface area (Å²) in [5.41, 5.74) is 2.01. The first kappa shape index (κ1) is 22.6. The number of aryl methyl sites for hydroxylation is 1. The van der Waals surface area contributed by atoms with Crippen LogP contribution in [0.25, 0.3) is 16.7 Å². The molecule has 0 unspecified atom stereocenters. The van der Waals surface area contributed by atoms with Crippen LogP contribution in [0, 0.1) is 6.92 Å². The average molecular weight is 474 g/mol. The largest absolute Gasteiger partial charge is 0.508 e. The van der Waals surface area contributed by atoms with Gasteiger partial charge in [0.1, 0.15) is 11.4 Å². The number of pyridine rings is 1. The minimum Gasteiger partial charge on any atom is -0.508 e. The summed E-state index contributed by atoms with van der Waals surface area (Å²) in [6.45, 7) is 4.94. The van der Waals surface area contributed by atoms with Gasteiger partial charge >= 0.3 is 0 Å². The Balaban J connectivity index is 1.48.